The maximum atomic E-state index is 11.6. The van der Waals surface area contributed by atoms with Crippen molar-refractivity contribution in [1.29, 1.82) is 0 Å². The first kappa shape index (κ1) is 13.8. The van der Waals surface area contributed by atoms with Crippen molar-refractivity contribution >= 4 is 23.2 Å². The lowest BCUT2D eigenvalue weighted by atomic mass is 10.2. The Balaban J connectivity index is 2.50. The van der Waals surface area contributed by atoms with Crippen LogP contribution in [0.5, 0.6) is 0 Å². The van der Waals surface area contributed by atoms with E-state index in [1.54, 1.807) is 0 Å². The summed E-state index contributed by atoms with van der Waals surface area (Å²) in [5.41, 5.74) is 1.91. The summed E-state index contributed by atoms with van der Waals surface area (Å²) in [5.74, 6) is -0.0167. The number of carbonyl (C=O) groups is 1. The van der Waals surface area contributed by atoms with E-state index >= 15 is 0 Å². The van der Waals surface area contributed by atoms with Gasteiger partial charge in [-0.25, -0.2) is 0 Å². The molecular weight excluding hydrogens is 236 g/mol. The summed E-state index contributed by atoms with van der Waals surface area (Å²) in [7, 11) is 0. The Morgan fingerprint density at radius 1 is 1.47 bits per heavy atom. The van der Waals surface area contributed by atoms with E-state index in [1.165, 1.54) is 0 Å². The van der Waals surface area contributed by atoms with Crippen molar-refractivity contribution in [3.63, 3.8) is 0 Å². The van der Waals surface area contributed by atoms with E-state index < -0.39 is 0 Å². The topological polar surface area (TPSA) is 41.1 Å². The van der Waals surface area contributed by atoms with Crippen molar-refractivity contribution in [2.45, 2.75) is 33.2 Å². The third-order valence-corrected chi connectivity index (χ3v) is 2.91. The number of nitrogens with one attached hydrogen (secondary N) is 2. The first-order chi connectivity index (χ1) is 8.02. The lowest BCUT2D eigenvalue weighted by Gasteiger charge is -2.13. The first-order valence-corrected chi connectivity index (χ1v) is 6.20. The fourth-order valence-electron chi connectivity index (χ4n) is 1.38. The van der Waals surface area contributed by atoms with E-state index in [-0.39, 0.29) is 18.5 Å². The SMILES string of the molecule is CCC(C)NC(=O)CNc1cc(C)ccc1Cl. The number of amides is 1. The summed E-state index contributed by atoms with van der Waals surface area (Å²) in [6.45, 7) is 6.25. The fourth-order valence-corrected chi connectivity index (χ4v) is 1.56. The third kappa shape index (κ3) is 4.65. The van der Waals surface area contributed by atoms with Crippen LogP contribution in [-0.4, -0.2) is 18.5 Å². The quantitative estimate of drug-likeness (QED) is 0.848. The Bertz CT molecular complexity index is 393. The van der Waals surface area contributed by atoms with Gasteiger partial charge in [0.15, 0.2) is 0 Å². The maximum absolute atomic E-state index is 11.6. The van der Waals surface area contributed by atoms with Gasteiger partial charge in [-0.2, -0.15) is 0 Å². The van der Waals surface area contributed by atoms with Crippen molar-refractivity contribution in [2.75, 3.05) is 11.9 Å². The molecule has 0 heterocycles. The number of rotatable bonds is 5. The van der Waals surface area contributed by atoms with Crippen LogP contribution in [0.15, 0.2) is 18.2 Å². The molecule has 4 heteroatoms. The third-order valence-electron chi connectivity index (χ3n) is 2.58. The molecule has 1 atom stereocenters. The van der Waals surface area contributed by atoms with Crippen LogP contribution in [0.1, 0.15) is 25.8 Å². The Kier molecular flexibility index (Phi) is 5.29. The monoisotopic (exact) mass is 254 g/mol. The predicted octanol–water partition coefficient (Wildman–Crippen LogP) is 2.98. The second-order valence-corrected chi connectivity index (χ2v) is 4.62. The number of benzene rings is 1. The van der Waals surface area contributed by atoms with Gasteiger partial charge in [-0.3, -0.25) is 4.79 Å². The molecule has 0 aromatic heterocycles. The smallest absolute Gasteiger partial charge is 0.239 e. The predicted molar refractivity (Wildman–Crippen MR) is 72.6 cm³/mol. The van der Waals surface area contributed by atoms with Gasteiger partial charge < -0.3 is 10.6 Å². The molecular formula is C13H19ClN2O. The van der Waals surface area contributed by atoms with Gasteiger partial charge in [0.25, 0.3) is 0 Å². The molecule has 3 nitrogen and oxygen atoms in total. The Labute approximate surface area is 108 Å². The summed E-state index contributed by atoms with van der Waals surface area (Å²) in [5, 5.41) is 6.56. The summed E-state index contributed by atoms with van der Waals surface area (Å²) >= 11 is 6.02. The second kappa shape index (κ2) is 6.50. The van der Waals surface area contributed by atoms with Gasteiger partial charge in [0.1, 0.15) is 0 Å². The molecule has 0 saturated heterocycles. The van der Waals surface area contributed by atoms with Gasteiger partial charge in [-0.05, 0) is 38.0 Å². The van der Waals surface area contributed by atoms with Gasteiger partial charge >= 0.3 is 0 Å². The molecule has 0 fully saturated rings. The number of hydrogen-bond acceptors (Lipinski definition) is 2. The van der Waals surface area contributed by atoms with Gasteiger partial charge in [0.2, 0.25) is 5.91 Å². The highest BCUT2D eigenvalue weighted by Crippen LogP contribution is 2.22. The van der Waals surface area contributed by atoms with Crippen LogP contribution >= 0.6 is 11.6 Å². The van der Waals surface area contributed by atoms with Crippen LogP contribution in [-0.2, 0) is 4.79 Å². The Hall–Kier alpha value is -1.22. The largest absolute Gasteiger partial charge is 0.375 e. The summed E-state index contributed by atoms with van der Waals surface area (Å²) in [4.78, 5) is 11.6. The lowest BCUT2D eigenvalue weighted by Crippen LogP contribution is -2.36. The van der Waals surface area contributed by atoms with Crippen molar-refractivity contribution in [3.8, 4) is 0 Å². The molecule has 1 unspecified atom stereocenters. The van der Waals surface area contributed by atoms with Crippen LogP contribution in [0.25, 0.3) is 0 Å². The molecule has 0 saturated carbocycles. The Morgan fingerprint density at radius 2 is 2.18 bits per heavy atom. The molecule has 0 bridgehead atoms. The molecule has 94 valence electrons. The number of carbonyl (C=O) groups excluding carboxylic acids is 1. The molecule has 0 aliphatic carbocycles. The van der Waals surface area contributed by atoms with Crippen LogP contribution in [0.4, 0.5) is 5.69 Å². The molecule has 1 aromatic carbocycles. The average Bonchev–Trinajstić information content (AvgIpc) is 2.30. The summed E-state index contributed by atoms with van der Waals surface area (Å²) in [6.07, 6.45) is 0.928. The van der Waals surface area contributed by atoms with Crippen molar-refractivity contribution in [1.82, 2.24) is 5.32 Å². The van der Waals surface area contributed by atoms with Crippen LogP contribution in [0.2, 0.25) is 5.02 Å². The summed E-state index contributed by atoms with van der Waals surface area (Å²) < 4.78 is 0. The zero-order valence-corrected chi connectivity index (χ0v) is 11.3. The van der Waals surface area contributed by atoms with Crippen LogP contribution < -0.4 is 10.6 Å². The van der Waals surface area contributed by atoms with Gasteiger partial charge in [0.05, 0.1) is 17.3 Å². The lowest BCUT2D eigenvalue weighted by molar-refractivity contribution is -0.120. The van der Waals surface area contributed by atoms with Gasteiger partial charge in [0, 0.05) is 6.04 Å². The molecule has 1 rings (SSSR count). The van der Waals surface area contributed by atoms with E-state index in [0.717, 1.165) is 17.7 Å². The van der Waals surface area contributed by atoms with Crippen LogP contribution in [0, 0.1) is 6.92 Å². The van der Waals surface area contributed by atoms with E-state index in [1.807, 2.05) is 39.0 Å². The standard InChI is InChI=1S/C13H19ClN2O/c1-4-10(3)16-13(17)8-15-12-7-9(2)5-6-11(12)14/h5-7,10,15H,4,8H2,1-3H3,(H,16,17). The molecule has 0 radical (unpaired) electrons. The van der Waals surface area contributed by atoms with Gasteiger partial charge in [-0.15, -0.1) is 0 Å². The molecule has 0 aliphatic heterocycles. The zero-order chi connectivity index (χ0) is 12.8. The number of hydrogen-bond donors (Lipinski definition) is 2. The summed E-state index contributed by atoms with van der Waals surface area (Å²) in [6, 6.07) is 5.90. The van der Waals surface area contributed by atoms with E-state index in [4.69, 9.17) is 11.6 Å². The minimum absolute atomic E-state index is 0.0167. The molecule has 0 spiro atoms. The maximum Gasteiger partial charge on any atom is 0.239 e. The van der Waals surface area contributed by atoms with Crippen molar-refractivity contribution in [2.24, 2.45) is 0 Å². The number of anilines is 1. The highest BCUT2D eigenvalue weighted by Gasteiger charge is 2.06. The molecule has 0 aliphatic rings. The minimum atomic E-state index is -0.0167. The zero-order valence-electron chi connectivity index (χ0n) is 10.5. The van der Waals surface area contributed by atoms with Gasteiger partial charge in [-0.1, -0.05) is 24.6 Å². The van der Waals surface area contributed by atoms with Crippen molar-refractivity contribution in [3.05, 3.63) is 28.8 Å². The molecule has 1 aromatic rings. The minimum Gasteiger partial charge on any atom is -0.375 e. The van der Waals surface area contributed by atoms with Crippen molar-refractivity contribution < 1.29 is 4.79 Å². The first-order valence-electron chi connectivity index (χ1n) is 5.82. The highest BCUT2D eigenvalue weighted by molar-refractivity contribution is 6.33. The Morgan fingerprint density at radius 3 is 2.82 bits per heavy atom. The highest BCUT2D eigenvalue weighted by atomic mass is 35.5. The molecule has 1 amide bonds. The number of aryl methyl sites for hydroxylation is 1. The average molecular weight is 255 g/mol. The van der Waals surface area contributed by atoms with Crippen LogP contribution in [0.3, 0.4) is 0 Å². The fraction of sp³-hybridized carbons (Fsp3) is 0.462. The molecule has 2 N–H and O–H groups in total. The molecule has 17 heavy (non-hydrogen) atoms. The van der Waals surface area contributed by atoms with E-state index in [0.29, 0.717) is 5.02 Å². The van der Waals surface area contributed by atoms with E-state index in [2.05, 4.69) is 10.6 Å². The number of halogens is 1. The normalized spacial score (nSPS) is 12.0. The van der Waals surface area contributed by atoms with E-state index in [9.17, 15) is 4.79 Å². The second-order valence-electron chi connectivity index (χ2n) is 4.21.